The second kappa shape index (κ2) is 8.40. The summed E-state index contributed by atoms with van der Waals surface area (Å²) < 4.78 is 14.6. The molecule has 0 aliphatic carbocycles. The maximum Gasteiger partial charge on any atom is 0.256 e. The van der Waals surface area contributed by atoms with E-state index in [1.165, 1.54) is 29.7 Å². The lowest BCUT2D eigenvalue weighted by Crippen LogP contribution is -2.45. The molecule has 3 rings (SSSR count). The summed E-state index contributed by atoms with van der Waals surface area (Å²) in [5.74, 6) is 0.133. The van der Waals surface area contributed by atoms with E-state index in [-0.39, 0.29) is 22.9 Å². The molecule has 1 amide bonds. The third kappa shape index (κ3) is 4.68. The molecule has 27 heavy (non-hydrogen) atoms. The maximum absolute atomic E-state index is 13.1. The van der Waals surface area contributed by atoms with Crippen molar-refractivity contribution in [2.45, 2.75) is 39.7 Å². The molecule has 1 aromatic heterocycles. The highest BCUT2D eigenvalue weighted by atomic mass is 35.5. The normalized spacial score (nSPS) is 19.1. The lowest BCUT2D eigenvalue weighted by Gasteiger charge is -2.32. The molecule has 1 fully saturated rings. The van der Waals surface area contributed by atoms with Crippen molar-refractivity contribution in [2.24, 2.45) is 5.92 Å². The molecule has 2 unspecified atom stereocenters. The number of amides is 1. The molecule has 1 aromatic carbocycles. The highest BCUT2D eigenvalue weighted by molar-refractivity contribution is 6.33. The molecule has 1 aliphatic rings. The number of piperidine rings is 1. The molecule has 1 saturated heterocycles. The SMILES string of the molecule is Cc1nn(-c2ccc(F)cc2)c(Cl)c1C(=O)NC(C)CN1CCCC(C)C1. The van der Waals surface area contributed by atoms with E-state index in [0.29, 0.717) is 22.9 Å². The second-order valence-corrected chi connectivity index (χ2v) is 7.88. The van der Waals surface area contributed by atoms with Crippen molar-refractivity contribution in [1.29, 1.82) is 0 Å². The summed E-state index contributed by atoms with van der Waals surface area (Å²) in [6.07, 6.45) is 2.48. The van der Waals surface area contributed by atoms with Gasteiger partial charge in [0.2, 0.25) is 0 Å². The summed E-state index contributed by atoms with van der Waals surface area (Å²) in [7, 11) is 0. The van der Waals surface area contributed by atoms with Crippen molar-refractivity contribution >= 4 is 17.5 Å². The van der Waals surface area contributed by atoms with Gasteiger partial charge in [0, 0.05) is 19.1 Å². The summed E-state index contributed by atoms with van der Waals surface area (Å²) in [4.78, 5) is 15.2. The predicted octanol–water partition coefficient (Wildman–Crippen LogP) is 3.82. The number of nitrogens with zero attached hydrogens (tertiary/aromatic N) is 3. The zero-order valence-electron chi connectivity index (χ0n) is 16.0. The number of carbonyl (C=O) groups excluding carboxylic acids is 1. The number of hydrogen-bond acceptors (Lipinski definition) is 3. The van der Waals surface area contributed by atoms with Gasteiger partial charge in [-0.2, -0.15) is 5.10 Å². The van der Waals surface area contributed by atoms with Gasteiger partial charge in [-0.05, 0) is 63.4 Å². The van der Waals surface area contributed by atoms with Gasteiger partial charge in [-0.1, -0.05) is 18.5 Å². The fourth-order valence-corrected chi connectivity index (χ4v) is 4.05. The minimum absolute atomic E-state index is 0.00689. The smallest absolute Gasteiger partial charge is 0.256 e. The lowest BCUT2D eigenvalue weighted by atomic mass is 10.00. The van der Waals surface area contributed by atoms with Gasteiger partial charge in [-0.3, -0.25) is 4.79 Å². The van der Waals surface area contributed by atoms with E-state index in [9.17, 15) is 9.18 Å². The van der Waals surface area contributed by atoms with E-state index in [2.05, 4.69) is 22.2 Å². The molecular weight excluding hydrogens is 367 g/mol. The van der Waals surface area contributed by atoms with Crippen LogP contribution in [0.5, 0.6) is 0 Å². The third-order valence-electron chi connectivity index (χ3n) is 4.95. The van der Waals surface area contributed by atoms with Crippen molar-refractivity contribution in [2.75, 3.05) is 19.6 Å². The number of hydrogen-bond donors (Lipinski definition) is 1. The number of rotatable bonds is 5. The molecule has 1 N–H and O–H groups in total. The van der Waals surface area contributed by atoms with Gasteiger partial charge in [0.05, 0.1) is 16.9 Å². The van der Waals surface area contributed by atoms with Crippen LogP contribution in [0.2, 0.25) is 5.15 Å². The fraction of sp³-hybridized carbons (Fsp3) is 0.500. The summed E-state index contributed by atoms with van der Waals surface area (Å²) in [5, 5.41) is 7.62. The average Bonchev–Trinajstić information content (AvgIpc) is 2.90. The molecule has 5 nitrogen and oxygen atoms in total. The maximum atomic E-state index is 13.1. The van der Waals surface area contributed by atoms with E-state index >= 15 is 0 Å². The van der Waals surface area contributed by atoms with E-state index in [0.717, 1.165) is 19.6 Å². The Hall–Kier alpha value is -1.92. The van der Waals surface area contributed by atoms with Crippen molar-refractivity contribution in [1.82, 2.24) is 20.0 Å². The van der Waals surface area contributed by atoms with Gasteiger partial charge in [0.1, 0.15) is 11.0 Å². The molecule has 146 valence electrons. The van der Waals surface area contributed by atoms with Crippen LogP contribution in [-0.2, 0) is 0 Å². The summed E-state index contributed by atoms with van der Waals surface area (Å²) >= 11 is 6.43. The molecule has 2 heterocycles. The van der Waals surface area contributed by atoms with Crippen molar-refractivity contribution < 1.29 is 9.18 Å². The Bertz CT molecular complexity index is 805. The van der Waals surface area contributed by atoms with Crippen LogP contribution in [0.4, 0.5) is 4.39 Å². The molecule has 0 radical (unpaired) electrons. The van der Waals surface area contributed by atoms with E-state index in [4.69, 9.17) is 11.6 Å². The van der Waals surface area contributed by atoms with Gasteiger partial charge in [-0.25, -0.2) is 9.07 Å². The van der Waals surface area contributed by atoms with Crippen LogP contribution in [0.25, 0.3) is 5.69 Å². The first-order valence-electron chi connectivity index (χ1n) is 9.39. The average molecular weight is 393 g/mol. The zero-order valence-corrected chi connectivity index (χ0v) is 16.8. The number of nitrogens with one attached hydrogen (secondary N) is 1. The van der Waals surface area contributed by atoms with Gasteiger partial charge in [0.15, 0.2) is 0 Å². The quantitative estimate of drug-likeness (QED) is 0.841. The highest BCUT2D eigenvalue weighted by Gasteiger charge is 2.24. The van der Waals surface area contributed by atoms with E-state index in [1.54, 1.807) is 19.1 Å². The first-order chi connectivity index (χ1) is 12.8. The molecule has 0 spiro atoms. The Morgan fingerprint density at radius 2 is 2.11 bits per heavy atom. The first-order valence-corrected chi connectivity index (χ1v) is 9.77. The van der Waals surface area contributed by atoms with Crippen molar-refractivity contribution in [3.63, 3.8) is 0 Å². The van der Waals surface area contributed by atoms with Gasteiger partial charge in [-0.15, -0.1) is 0 Å². The van der Waals surface area contributed by atoms with Gasteiger partial charge < -0.3 is 10.2 Å². The molecular formula is C20H26ClFN4O. The molecule has 0 bridgehead atoms. The summed E-state index contributed by atoms with van der Waals surface area (Å²) in [5.41, 5.74) is 1.51. The van der Waals surface area contributed by atoms with Crippen LogP contribution in [-0.4, -0.2) is 46.3 Å². The number of aromatic nitrogens is 2. The molecule has 1 aliphatic heterocycles. The minimum Gasteiger partial charge on any atom is -0.348 e. The first kappa shape index (κ1) is 19.8. The van der Waals surface area contributed by atoms with Crippen LogP contribution in [0.1, 0.15) is 42.7 Å². The summed E-state index contributed by atoms with van der Waals surface area (Å²) in [6.45, 7) is 8.99. The Balaban J connectivity index is 1.70. The molecule has 0 saturated carbocycles. The Kier molecular flexibility index (Phi) is 6.17. The van der Waals surface area contributed by atoms with E-state index in [1.807, 2.05) is 6.92 Å². The van der Waals surface area contributed by atoms with Crippen LogP contribution in [0.3, 0.4) is 0 Å². The summed E-state index contributed by atoms with van der Waals surface area (Å²) in [6, 6.07) is 5.84. The van der Waals surface area contributed by atoms with Crippen LogP contribution in [0.15, 0.2) is 24.3 Å². The predicted molar refractivity (Wildman–Crippen MR) is 105 cm³/mol. The van der Waals surface area contributed by atoms with Crippen LogP contribution in [0, 0.1) is 18.7 Å². The number of likely N-dealkylation sites (tertiary alicyclic amines) is 1. The highest BCUT2D eigenvalue weighted by Crippen LogP contribution is 2.24. The van der Waals surface area contributed by atoms with E-state index < -0.39 is 0 Å². The molecule has 2 aromatic rings. The second-order valence-electron chi connectivity index (χ2n) is 7.52. The fourth-order valence-electron chi connectivity index (χ4n) is 3.69. The zero-order chi connectivity index (χ0) is 19.6. The molecule has 7 heteroatoms. The van der Waals surface area contributed by atoms with Gasteiger partial charge in [0.25, 0.3) is 5.91 Å². The molecule has 2 atom stereocenters. The van der Waals surface area contributed by atoms with Crippen molar-refractivity contribution in [3.05, 3.63) is 46.5 Å². The monoisotopic (exact) mass is 392 g/mol. The standard InChI is InChI=1S/C20H26ClFN4O/c1-13-5-4-10-25(11-13)12-14(2)23-20(27)18-15(3)24-26(19(18)21)17-8-6-16(22)7-9-17/h6-9,13-14H,4-5,10-12H2,1-3H3,(H,23,27). The van der Waals surface area contributed by atoms with Crippen LogP contribution < -0.4 is 5.32 Å². The van der Waals surface area contributed by atoms with Crippen LogP contribution >= 0.6 is 11.6 Å². The Morgan fingerprint density at radius 1 is 1.41 bits per heavy atom. The number of aryl methyl sites for hydroxylation is 1. The largest absolute Gasteiger partial charge is 0.348 e. The topological polar surface area (TPSA) is 50.2 Å². The van der Waals surface area contributed by atoms with Gasteiger partial charge >= 0.3 is 0 Å². The minimum atomic E-state index is -0.336. The number of carbonyl (C=O) groups is 1. The number of halogens is 2. The Morgan fingerprint density at radius 3 is 2.78 bits per heavy atom. The number of benzene rings is 1. The lowest BCUT2D eigenvalue weighted by molar-refractivity contribution is 0.0919. The third-order valence-corrected chi connectivity index (χ3v) is 5.30. The van der Waals surface area contributed by atoms with Crippen molar-refractivity contribution in [3.8, 4) is 5.69 Å². The Labute approximate surface area is 164 Å².